The molecule has 150 valence electrons. The van der Waals surface area contributed by atoms with E-state index in [-0.39, 0.29) is 12.0 Å². The molecule has 4 nitrogen and oxygen atoms in total. The lowest BCUT2D eigenvalue weighted by Crippen LogP contribution is -2.39. The molecule has 0 fully saturated rings. The zero-order chi connectivity index (χ0) is 21.1. The van der Waals surface area contributed by atoms with E-state index in [1.165, 1.54) is 5.56 Å². The lowest BCUT2D eigenvalue weighted by molar-refractivity contribution is -0.146. The van der Waals surface area contributed by atoms with Gasteiger partial charge in [0.15, 0.2) is 0 Å². The molecule has 0 aliphatic heterocycles. The minimum absolute atomic E-state index is 0.0578. The van der Waals surface area contributed by atoms with Gasteiger partial charge in [0.25, 0.3) is 5.91 Å². The molecule has 0 heterocycles. The van der Waals surface area contributed by atoms with Crippen molar-refractivity contribution in [3.8, 4) is 0 Å². The zero-order valence-electron chi connectivity index (χ0n) is 17.4. The zero-order valence-corrected chi connectivity index (χ0v) is 18.1. The van der Waals surface area contributed by atoms with Crippen LogP contribution in [0.2, 0.25) is 5.02 Å². The second-order valence-corrected chi connectivity index (χ2v) is 8.53. The number of hydrogen-bond acceptors (Lipinski definition) is 3. The number of aryl methyl sites for hydroxylation is 2. The molecule has 0 radical (unpaired) electrons. The van der Waals surface area contributed by atoms with Gasteiger partial charge in [-0.1, -0.05) is 56.6 Å². The molecule has 0 saturated carbocycles. The number of esters is 1. The predicted octanol–water partition coefficient (Wildman–Crippen LogP) is 5.12. The van der Waals surface area contributed by atoms with E-state index in [4.69, 9.17) is 16.3 Å². The van der Waals surface area contributed by atoms with E-state index in [0.717, 1.165) is 16.7 Å². The summed E-state index contributed by atoms with van der Waals surface area (Å²) in [6.45, 7) is 12.3. The second-order valence-electron chi connectivity index (χ2n) is 8.12. The van der Waals surface area contributed by atoms with Crippen LogP contribution in [0.5, 0.6) is 0 Å². The third-order valence-corrected chi connectivity index (χ3v) is 5.07. The van der Waals surface area contributed by atoms with Crippen molar-refractivity contribution in [1.82, 2.24) is 5.32 Å². The quantitative estimate of drug-likeness (QED) is 0.707. The van der Waals surface area contributed by atoms with Crippen LogP contribution >= 0.6 is 11.6 Å². The van der Waals surface area contributed by atoms with Gasteiger partial charge in [-0.25, -0.2) is 4.79 Å². The lowest BCUT2D eigenvalue weighted by Gasteiger charge is -2.22. The maximum absolute atomic E-state index is 12.3. The first-order chi connectivity index (χ1) is 13.0. The van der Waals surface area contributed by atoms with Crippen molar-refractivity contribution in [2.45, 2.75) is 59.6 Å². The molecule has 2 rings (SSSR count). The van der Waals surface area contributed by atoms with E-state index in [2.05, 4.69) is 38.2 Å². The van der Waals surface area contributed by atoms with E-state index >= 15 is 0 Å². The molecule has 1 N–H and O–H groups in total. The summed E-state index contributed by atoms with van der Waals surface area (Å²) in [5, 5.41) is 2.97. The van der Waals surface area contributed by atoms with Gasteiger partial charge in [-0.15, -0.1) is 0 Å². The van der Waals surface area contributed by atoms with Crippen LogP contribution in [0.4, 0.5) is 0 Å². The van der Waals surface area contributed by atoms with Crippen molar-refractivity contribution >= 4 is 23.5 Å². The van der Waals surface area contributed by atoms with Crippen molar-refractivity contribution in [2.75, 3.05) is 0 Å². The van der Waals surface area contributed by atoms with Gasteiger partial charge in [-0.2, -0.15) is 0 Å². The average Bonchev–Trinajstić information content (AvgIpc) is 2.60. The van der Waals surface area contributed by atoms with E-state index < -0.39 is 17.9 Å². The number of carbonyl (C=O) groups is 2. The predicted molar refractivity (Wildman–Crippen MR) is 113 cm³/mol. The van der Waals surface area contributed by atoms with Crippen LogP contribution in [0.1, 0.15) is 60.3 Å². The van der Waals surface area contributed by atoms with Gasteiger partial charge in [-0.3, -0.25) is 4.79 Å². The summed E-state index contributed by atoms with van der Waals surface area (Å²) in [6.07, 6.45) is 0. The molecule has 0 saturated heterocycles. The number of amides is 1. The topological polar surface area (TPSA) is 55.4 Å². The van der Waals surface area contributed by atoms with Crippen LogP contribution < -0.4 is 5.32 Å². The Balaban J connectivity index is 2.02. The lowest BCUT2D eigenvalue weighted by atomic mass is 9.84. The van der Waals surface area contributed by atoms with Gasteiger partial charge in [-0.05, 0) is 60.6 Å². The van der Waals surface area contributed by atoms with Gasteiger partial charge in [0.1, 0.15) is 12.6 Å². The molecular weight excluding hydrogens is 374 g/mol. The highest BCUT2D eigenvalue weighted by Crippen LogP contribution is 2.27. The normalized spacial score (nSPS) is 12.4. The van der Waals surface area contributed by atoms with Crippen LogP contribution in [0.15, 0.2) is 36.4 Å². The van der Waals surface area contributed by atoms with Crippen molar-refractivity contribution in [3.05, 3.63) is 69.2 Å². The maximum atomic E-state index is 12.3. The maximum Gasteiger partial charge on any atom is 0.328 e. The van der Waals surface area contributed by atoms with Crippen LogP contribution in [-0.2, 0) is 21.6 Å². The Bertz CT molecular complexity index is 861. The van der Waals surface area contributed by atoms with Crippen molar-refractivity contribution in [1.29, 1.82) is 0 Å². The fraction of sp³-hybridized carbons (Fsp3) is 0.391. The Morgan fingerprint density at radius 2 is 1.68 bits per heavy atom. The molecule has 0 spiro atoms. The van der Waals surface area contributed by atoms with E-state index in [0.29, 0.717) is 10.6 Å². The van der Waals surface area contributed by atoms with Crippen LogP contribution in [0, 0.1) is 13.8 Å². The summed E-state index contributed by atoms with van der Waals surface area (Å²) in [7, 11) is 0. The number of halogens is 1. The van der Waals surface area contributed by atoms with E-state index in [1.807, 2.05) is 13.8 Å². The molecule has 0 bridgehead atoms. The number of ether oxygens (including phenoxy) is 1. The Morgan fingerprint density at radius 3 is 2.21 bits per heavy atom. The molecule has 2 aromatic carbocycles. The van der Waals surface area contributed by atoms with Crippen molar-refractivity contribution in [3.63, 3.8) is 0 Å². The average molecular weight is 402 g/mol. The highest BCUT2D eigenvalue weighted by Gasteiger charge is 2.21. The Labute approximate surface area is 172 Å². The van der Waals surface area contributed by atoms with Gasteiger partial charge in [0.05, 0.1) is 10.6 Å². The highest BCUT2D eigenvalue weighted by atomic mass is 35.5. The Morgan fingerprint density at radius 1 is 1.11 bits per heavy atom. The monoisotopic (exact) mass is 401 g/mol. The summed E-state index contributed by atoms with van der Waals surface area (Å²) in [5.74, 6) is -0.893. The first-order valence-electron chi connectivity index (χ1n) is 9.33. The fourth-order valence-electron chi connectivity index (χ4n) is 2.90. The summed E-state index contributed by atoms with van der Waals surface area (Å²) < 4.78 is 5.46. The first kappa shape index (κ1) is 22.0. The molecule has 1 unspecified atom stereocenters. The molecule has 2 aromatic rings. The molecule has 1 amide bonds. The van der Waals surface area contributed by atoms with Crippen molar-refractivity contribution in [2.24, 2.45) is 0 Å². The molecular formula is C23H28ClNO3. The molecule has 5 heteroatoms. The molecule has 0 aliphatic rings. The first-order valence-corrected chi connectivity index (χ1v) is 9.71. The third kappa shape index (κ3) is 5.35. The van der Waals surface area contributed by atoms with Gasteiger partial charge >= 0.3 is 5.97 Å². The molecule has 0 aliphatic carbocycles. The Hall–Kier alpha value is -2.33. The summed E-state index contributed by atoms with van der Waals surface area (Å²) in [6, 6.07) is 10.2. The van der Waals surface area contributed by atoms with Crippen molar-refractivity contribution < 1.29 is 14.3 Å². The second kappa shape index (κ2) is 8.78. The van der Waals surface area contributed by atoms with Gasteiger partial charge in [0, 0.05) is 0 Å². The number of carbonyl (C=O) groups excluding carboxylic acids is 2. The van der Waals surface area contributed by atoms with E-state index in [9.17, 15) is 9.59 Å². The number of hydrogen-bond donors (Lipinski definition) is 1. The van der Waals surface area contributed by atoms with Gasteiger partial charge in [0.2, 0.25) is 0 Å². The number of benzene rings is 2. The van der Waals surface area contributed by atoms with Crippen LogP contribution in [0.3, 0.4) is 0 Å². The van der Waals surface area contributed by atoms with Gasteiger partial charge < -0.3 is 10.1 Å². The highest BCUT2D eigenvalue weighted by molar-refractivity contribution is 6.33. The summed E-state index contributed by atoms with van der Waals surface area (Å²) in [5.41, 5.74) is 4.80. The number of rotatable bonds is 5. The minimum atomic E-state index is -0.779. The van der Waals surface area contributed by atoms with Crippen LogP contribution in [0.25, 0.3) is 0 Å². The van der Waals surface area contributed by atoms with Crippen LogP contribution in [-0.4, -0.2) is 17.9 Å². The number of nitrogens with one attached hydrogen (secondary N) is 1. The fourth-order valence-corrected chi connectivity index (χ4v) is 3.12. The summed E-state index contributed by atoms with van der Waals surface area (Å²) in [4.78, 5) is 24.6. The third-order valence-electron chi connectivity index (χ3n) is 4.74. The Kier molecular flexibility index (Phi) is 6.89. The van der Waals surface area contributed by atoms with E-state index in [1.54, 1.807) is 31.2 Å². The summed E-state index contributed by atoms with van der Waals surface area (Å²) >= 11 is 6.03. The standard InChI is InChI=1S/C23H28ClNO3/c1-14-11-17(23(4,5)6)12-15(2)19(14)13-28-22(27)16(3)25-21(26)18-9-7-8-10-20(18)24/h7-12,16H,13H2,1-6H3,(H,25,26). The largest absolute Gasteiger partial charge is 0.459 e. The SMILES string of the molecule is Cc1cc(C(C)(C)C)cc(C)c1COC(=O)C(C)NC(=O)c1ccccc1Cl. The molecule has 0 aromatic heterocycles. The smallest absolute Gasteiger partial charge is 0.328 e. The molecule has 1 atom stereocenters. The minimum Gasteiger partial charge on any atom is -0.459 e. The molecule has 28 heavy (non-hydrogen) atoms.